The van der Waals surface area contributed by atoms with Gasteiger partial charge in [-0.2, -0.15) is 0 Å². The highest BCUT2D eigenvalue weighted by atomic mass is 32.2. The number of nitrogens with one attached hydrogen (secondary N) is 1. The minimum Gasteiger partial charge on any atom is -0.545 e. The van der Waals surface area contributed by atoms with E-state index in [1.165, 1.54) is 30.0 Å². The first-order valence-electron chi connectivity index (χ1n) is 9.92. The molecule has 2 aromatic heterocycles. The maximum atomic E-state index is 12.4. The van der Waals surface area contributed by atoms with E-state index in [0.717, 1.165) is 29.4 Å². The Kier molecular flexibility index (Phi) is 5.03. The van der Waals surface area contributed by atoms with Gasteiger partial charge in [0.2, 0.25) is 0 Å². The molecule has 1 aliphatic rings. The molecular formula is C22H18N5O3S-. The van der Waals surface area contributed by atoms with E-state index in [0.29, 0.717) is 34.9 Å². The van der Waals surface area contributed by atoms with Crippen molar-refractivity contribution < 1.29 is 9.90 Å². The van der Waals surface area contributed by atoms with E-state index in [2.05, 4.69) is 36.9 Å². The maximum Gasteiger partial charge on any atom is 0.258 e. The summed E-state index contributed by atoms with van der Waals surface area (Å²) < 4.78 is 2.13. The molecule has 5 rings (SSSR count). The van der Waals surface area contributed by atoms with Crippen LogP contribution in [0.25, 0.3) is 10.9 Å². The summed E-state index contributed by atoms with van der Waals surface area (Å²) in [6.07, 6.45) is 2.25. The quantitative estimate of drug-likeness (QED) is 0.445. The lowest BCUT2D eigenvalue weighted by molar-refractivity contribution is -0.255. The number of rotatable bonds is 7. The van der Waals surface area contributed by atoms with Gasteiger partial charge < -0.3 is 19.5 Å². The minimum atomic E-state index is -1.30. The van der Waals surface area contributed by atoms with E-state index in [9.17, 15) is 14.7 Å². The summed E-state index contributed by atoms with van der Waals surface area (Å²) in [5.41, 5.74) is 1.17. The van der Waals surface area contributed by atoms with Gasteiger partial charge in [0.25, 0.3) is 5.56 Å². The van der Waals surface area contributed by atoms with Crippen molar-refractivity contribution in [1.29, 1.82) is 0 Å². The van der Waals surface area contributed by atoms with Crippen LogP contribution in [0.2, 0.25) is 0 Å². The number of aromatic nitrogens is 5. The molecule has 31 heavy (non-hydrogen) atoms. The van der Waals surface area contributed by atoms with Crippen molar-refractivity contribution in [3.8, 4) is 0 Å². The lowest BCUT2D eigenvalue weighted by Gasteiger charge is -2.10. The number of H-pyrrole nitrogens is 1. The number of benzene rings is 2. The predicted molar refractivity (Wildman–Crippen MR) is 114 cm³/mol. The van der Waals surface area contributed by atoms with E-state index in [4.69, 9.17) is 0 Å². The van der Waals surface area contributed by atoms with Gasteiger partial charge in [-0.1, -0.05) is 48.2 Å². The number of aromatic carboxylic acids is 1. The molecule has 0 unspecified atom stereocenters. The Bertz CT molecular complexity index is 1330. The summed E-state index contributed by atoms with van der Waals surface area (Å²) in [7, 11) is 0. The van der Waals surface area contributed by atoms with Gasteiger partial charge in [0.15, 0.2) is 5.16 Å². The third-order valence-corrected chi connectivity index (χ3v) is 6.18. The largest absolute Gasteiger partial charge is 0.545 e. The number of hydrogen-bond donors (Lipinski definition) is 1. The van der Waals surface area contributed by atoms with Crippen LogP contribution in [0.1, 0.15) is 46.3 Å². The molecule has 4 aromatic rings. The van der Waals surface area contributed by atoms with Gasteiger partial charge in [-0.05, 0) is 36.1 Å². The zero-order valence-corrected chi connectivity index (χ0v) is 17.3. The van der Waals surface area contributed by atoms with E-state index < -0.39 is 5.97 Å². The number of fused-ring (bicyclic) bond motifs is 1. The molecule has 2 aromatic carbocycles. The SMILES string of the molecule is O=C([O-])c1ccc2c(=O)[nH]c(CSc3nnc(C4CC4)n3Cc3ccccc3)nc2c1. The van der Waals surface area contributed by atoms with Crippen LogP contribution in [0.15, 0.2) is 58.5 Å². The first-order chi connectivity index (χ1) is 15.1. The molecule has 0 saturated heterocycles. The summed E-state index contributed by atoms with van der Waals surface area (Å²) in [6, 6.07) is 14.3. The average Bonchev–Trinajstić information content (AvgIpc) is 3.54. The molecule has 156 valence electrons. The van der Waals surface area contributed by atoms with Crippen LogP contribution in [0, 0.1) is 0 Å². The first kappa shape index (κ1) is 19.5. The fourth-order valence-corrected chi connectivity index (χ4v) is 4.30. The summed E-state index contributed by atoms with van der Waals surface area (Å²) in [5.74, 6) is 0.956. The molecule has 1 aliphatic carbocycles. The number of carbonyl (C=O) groups excluding carboxylic acids is 1. The van der Waals surface area contributed by atoms with E-state index >= 15 is 0 Å². The molecule has 0 radical (unpaired) electrons. The fourth-order valence-electron chi connectivity index (χ4n) is 3.48. The minimum absolute atomic E-state index is 0.0131. The van der Waals surface area contributed by atoms with E-state index in [1.54, 1.807) is 0 Å². The molecule has 2 heterocycles. The normalized spacial score (nSPS) is 13.5. The lowest BCUT2D eigenvalue weighted by Crippen LogP contribution is -2.22. The number of hydrogen-bond acceptors (Lipinski definition) is 7. The number of nitrogens with zero attached hydrogens (tertiary/aromatic N) is 4. The second-order valence-electron chi connectivity index (χ2n) is 7.51. The number of carboxylic acid groups (broad SMARTS) is 1. The van der Waals surface area contributed by atoms with Crippen LogP contribution < -0.4 is 10.7 Å². The summed E-state index contributed by atoms with van der Waals surface area (Å²) in [6.45, 7) is 0.679. The smallest absolute Gasteiger partial charge is 0.258 e. The van der Waals surface area contributed by atoms with Crippen molar-refractivity contribution in [2.24, 2.45) is 0 Å². The highest BCUT2D eigenvalue weighted by Crippen LogP contribution is 2.40. The first-order valence-corrected chi connectivity index (χ1v) is 10.9. The van der Waals surface area contributed by atoms with E-state index in [1.807, 2.05) is 18.2 Å². The molecule has 0 amide bonds. The molecule has 8 nitrogen and oxygen atoms in total. The van der Waals surface area contributed by atoms with Crippen molar-refractivity contribution in [3.63, 3.8) is 0 Å². The monoisotopic (exact) mass is 432 g/mol. The maximum absolute atomic E-state index is 12.4. The molecule has 0 bridgehead atoms. The molecule has 1 N–H and O–H groups in total. The molecular weight excluding hydrogens is 414 g/mol. The van der Waals surface area contributed by atoms with Crippen LogP contribution in [0.5, 0.6) is 0 Å². The van der Waals surface area contributed by atoms with Crippen molar-refractivity contribution in [2.75, 3.05) is 0 Å². The zero-order chi connectivity index (χ0) is 21.4. The van der Waals surface area contributed by atoms with Gasteiger partial charge in [-0.3, -0.25) is 4.79 Å². The standard InChI is InChI=1S/C22H19N5O3S/c28-20-16-9-8-15(21(29)30)10-17(16)23-18(24-20)12-31-22-26-25-19(14-6-7-14)27(22)11-13-4-2-1-3-5-13/h1-5,8-10,14H,6-7,11-12H2,(H,29,30)(H,23,24,28)/p-1. The summed E-state index contributed by atoms with van der Waals surface area (Å²) in [4.78, 5) is 30.7. The fraction of sp³-hybridized carbons (Fsp3) is 0.227. The Balaban J connectivity index is 1.42. The zero-order valence-electron chi connectivity index (χ0n) is 16.4. The van der Waals surface area contributed by atoms with Crippen LogP contribution in [-0.4, -0.2) is 30.7 Å². The Morgan fingerprint density at radius 3 is 2.71 bits per heavy atom. The second kappa shape index (κ2) is 7.99. The third-order valence-electron chi connectivity index (χ3n) is 5.20. The van der Waals surface area contributed by atoms with Crippen LogP contribution in [0.3, 0.4) is 0 Å². The van der Waals surface area contributed by atoms with Gasteiger partial charge in [0.1, 0.15) is 11.6 Å². The lowest BCUT2D eigenvalue weighted by atomic mass is 10.1. The molecule has 9 heteroatoms. The van der Waals surface area contributed by atoms with Gasteiger partial charge in [-0.15, -0.1) is 10.2 Å². The van der Waals surface area contributed by atoms with Crippen LogP contribution in [-0.2, 0) is 12.3 Å². The van der Waals surface area contributed by atoms with Gasteiger partial charge in [-0.25, -0.2) is 4.98 Å². The van der Waals surface area contributed by atoms with Crippen LogP contribution >= 0.6 is 11.8 Å². The highest BCUT2D eigenvalue weighted by Gasteiger charge is 2.30. The third kappa shape index (κ3) is 4.09. The van der Waals surface area contributed by atoms with Crippen molar-refractivity contribution in [1.82, 2.24) is 24.7 Å². The number of carboxylic acids is 1. The average molecular weight is 432 g/mol. The topological polar surface area (TPSA) is 117 Å². The van der Waals surface area contributed by atoms with Gasteiger partial charge in [0, 0.05) is 5.92 Å². The molecule has 1 saturated carbocycles. The van der Waals surface area contributed by atoms with Crippen molar-refractivity contribution in [2.45, 2.75) is 36.2 Å². The number of thioether (sulfide) groups is 1. The Labute approximate surface area is 181 Å². The van der Waals surface area contributed by atoms with Gasteiger partial charge in [0.05, 0.1) is 29.2 Å². The highest BCUT2D eigenvalue weighted by molar-refractivity contribution is 7.98. The molecule has 0 atom stereocenters. The molecule has 0 spiro atoms. The van der Waals surface area contributed by atoms with Crippen LogP contribution in [0.4, 0.5) is 0 Å². The second-order valence-corrected chi connectivity index (χ2v) is 8.45. The Morgan fingerprint density at radius 1 is 1.16 bits per heavy atom. The van der Waals surface area contributed by atoms with E-state index in [-0.39, 0.29) is 11.1 Å². The number of aromatic amines is 1. The summed E-state index contributed by atoms with van der Waals surface area (Å²) in [5, 5.41) is 21.0. The molecule has 1 fully saturated rings. The molecule has 0 aliphatic heterocycles. The number of carbonyl (C=O) groups is 1. The van der Waals surface area contributed by atoms with Gasteiger partial charge >= 0.3 is 0 Å². The van der Waals surface area contributed by atoms with Crippen molar-refractivity contribution >= 4 is 28.6 Å². The Morgan fingerprint density at radius 2 is 1.97 bits per heavy atom. The summed E-state index contributed by atoms with van der Waals surface area (Å²) >= 11 is 1.44. The van der Waals surface area contributed by atoms with Crippen molar-refractivity contribution in [3.05, 3.63) is 81.7 Å². The Hall–Kier alpha value is -3.46. The predicted octanol–water partition coefficient (Wildman–Crippen LogP) is 2.10.